The van der Waals surface area contributed by atoms with E-state index in [1.165, 1.54) is 11.3 Å². The molecule has 6 nitrogen and oxygen atoms in total. The number of H-pyrrole nitrogens is 1. The SMILES string of the molecule is CC[C@H](NC(=O)N1CCCN(c2ccccc2C)CC1)c1ncc(C)[nH]1. The molecule has 1 aliphatic heterocycles. The van der Waals surface area contributed by atoms with Gasteiger partial charge in [-0.1, -0.05) is 25.1 Å². The zero-order valence-electron chi connectivity index (χ0n) is 16.0. The van der Waals surface area contributed by atoms with Gasteiger partial charge in [-0.2, -0.15) is 0 Å². The molecule has 26 heavy (non-hydrogen) atoms. The largest absolute Gasteiger partial charge is 0.369 e. The van der Waals surface area contributed by atoms with Gasteiger partial charge < -0.3 is 20.1 Å². The number of nitrogens with zero attached hydrogens (tertiary/aromatic N) is 3. The second kappa shape index (κ2) is 8.25. The summed E-state index contributed by atoms with van der Waals surface area (Å²) in [6, 6.07) is 8.37. The summed E-state index contributed by atoms with van der Waals surface area (Å²) in [5.74, 6) is 0.828. The molecule has 6 heteroatoms. The number of amides is 2. The summed E-state index contributed by atoms with van der Waals surface area (Å²) >= 11 is 0. The highest BCUT2D eigenvalue weighted by Crippen LogP contribution is 2.21. The van der Waals surface area contributed by atoms with Crippen LogP contribution in [0.2, 0.25) is 0 Å². The van der Waals surface area contributed by atoms with Gasteiger partial charge in [0.25, 0.3) is 0 Å². The van der Waals surface area contributed by atoms with Crippen molar-refractivity contribution in [1.29, 1.82) is 0 Å². The van der Waals surface area contributed by atoms with Crippen LogP contribution in [-0.4, -0.2) is 47.1 Å². The minimum absolute atomic E-state index is 0.00228. The predicted molar refractivity (Wildman–Crippen MR) is 104 cm³/mol. The van der Waals surface area contributed by atoms with Crippen LogP contribution >= 0.6 is 0 Å². The van der Waals surface area contributed by atoms with Gasteiger partial charge in [-0.15, -0.1) is 0 Å². The molecular formula is C20H29N5O. The van der Waals surface area contributed by atoms with Crippen LogP contribution in [-0.2, 0) is 0 Å². The van der Waals surface area contributed by atoms with E-state index in [1.54, 1.807) is 6.20 Å². The molecule has 140 valence electrons. The van der Waals surface area contributed by atoms with Crippen LogP contribution in [0.3, 0.4) is 0 Å². The Balaban J connectivity index is 1.61. The summed E-state index contributed by atoms with van der Waals surface area (Å²) in [5, 5.41) is 3.13. The lowest BCUT2D eigenvalue weighted by atomic mass is 10.2. The number of anilines is 1. The van der Waals surface area contributed by atoms with Crippen LogP contribution in [0.15, 0.2) is 30.5 Å². The molecule has 2 amide bonds. The summed E-state index contributed by atoms with van der Waals surface area (Å²) in [4.78, 5) is 24.7. The maximum Gasteiger partial charge on any atom is 0.318 e. The fourth-order valence-electron chi connectivity index (χ4n) is 3.49. The van der Waals surface area contributed by atoms with E-state index in [0.717, 1.165) is 50.5 Å². The van der Waals surface area contributed by atoms with Gasteiger partial charge in [0.15, 0.2) is 0 Å². The molecule has 0 bridgehead atoms. The number of aromatic amines is 1. The minimum atomic E-state index is -0.0769. The van der Waals surface area contributed by atoms with Gasteiger partial charge in [0.1, 0.15) is 5.82 Å². The van der Waals surface area contributed by atoms with Gasteiger partial charge in [-0.05, 0) is 38.3 Å². The van der Waals surface area contributed by atoms with Crippen LogP contribution in [0.1, 0.15) is 42.9 Å². The topological polar surface area (TPSA) is 64.3 Å². The first kappa shape index (κ1) is 18.3. The number of nitrogens with one attached hydrogen (secondary N) is 2. The third-order valence-corrected chi connectivity index (χ3v) is 5.00. The Morgan fingerprint density at radius 1 is 1.23 bits per heavy atom. The van der Waals surface area contributed by atoms with E-state index >= 15 is 0 Å². The van der Waals surface area contributed by atoms with Gasteiger partial charge in [0, 0.05) is 43.8 Å². The number of hydrogen-bond acceptors (Lipinski definition) is 3. The Morgan fingerprint density at radius 3 is 2.73 bits per heavy atom. The molecule has 0 aliphatic carbocycles. The maximum atomic E-state index is 12.8. The van der Waals surface area contributed by atoms with E-state index in [0.29, 0.717) is 0 Å². The van der Waals surface area contributed by atoms with Gasteiger partial charge in [0.2, 0.25) is 0 Å². The van der Waals surface area contributed by atoms with Crippen molar-refractivity contribution in [2.45, 2.75) is 39.7 Å². The smallest absolute Gasteiger partial charge is 0.318 e. The maximum absolute atomic E-state index is 12.8. The predicted octanol–water partition coefficient (Wildman–Crippen LogP) is 3.40. The van der Waals surface area contributed by atoms with Crippen molar-refractivity contribution in [3.05, 3.63) is 47.5 Å². The Morgan fingerprint density at radius 2 is 2.04 bits per heavy atom. The second-order valence-corrected chi connectivity index (χ2v) is 6.98. The molecule has 3 rings (SSSR count). The molecular weight excluding hydrogens is 326 g/mol. The molecule has 1 aromatic heterocycles. The average molecular weight is 355 g/mol. The second-order valence-electron chi connectivity index (χ2n) is 6.98. The number of carbonyl (C=O) groups is 1. The van der Waals surface area contributed by atoms with Crippen molar-refractivity contribution in [1.82, 2.24) is 20.2 Å². The van der Waals surface area contributed by atoms with Crippen LogP contribution in [0.4, 0.5) is 10.5 Å². The fourth-order valence-corrected chi connectivity index (χ4v) is 3.49. The minimum Gasteiger partial charge on any atom is -0.369 e. The first-order valence-electron chi connectivity index (χ1n) is 9.46. The zero-order chi connectivity index (χ0) is 18.5. The van der Waals surface area contributed by atoms with Crippen molar-refractivity contribution >= 4 is 11.7 Å². The summed E-state index contributed by atoms with van der Waals surface area (Å²) in [6.45, 7) is 9.51. The molecule has 2 heterocycles. The Labute approximate surface area is 155 Å². The Bertz CT molecular complexity index is 741. The number of aryl methyl sites for hydroxylation is 2. The highest BCUT2D eigenvalue weighted by Gasteiger charge is 2.23. The van der Waals surface area contributed by atoms with E-state index in [2.05, 4.69) is 58.3 Å². The van der Waals surface area contributed by atoms with Crippen molar-refractivity contribution in [2.75, 3.05) is 31.1 Å². The lowest BCUT2D eigenvalue weighted by molar-refractivity contribution is 0.196. The van der Waals surface area contributed by atoms with Crippen molar-refractivity contribution in [3.63, 3.8) is 0 Å². The van der Waals surface area contributed by atoms with E-state index in [4.69, 9.17) is 0 Å². The average Bonchev–Trinajstić information content (AvgIpc) is 2.92. The molecule has 2 aromatic rings. The van der Waals surface area contributed by atoms with E-state index in [-0.39, 0.29) is 12.1 Å². The highest BCUT2D eigenvalue weighted by molar-refractivity contribution is 5.74. The first-order chi connectivity index (χ1) is 12.6. The summed E-state index contributed by atoms with van der Waals surface area (Å²) < 4.78 is 0. The van der Waals surface area contributed by atoms with Crippen LogP contribution < -0.4 is 10.2 Å². The van der Waals surface area contributed by atoms with Crippen LogP contribution in [0, 0.1) is 13.8 Å². The quantitative estimate of drug-likeness (QED) is 0.883. The monoisotopic (exact) mass is 355 g/mol. The van der Waals surface area contributed by atoms with Crippen LogP contribution in [0.5, 0.6) is 0 Å². The highest BCUT2D eigenvalue weighted by atomic mass is 16.2. The Hall–Kier alpha value is -2.50. The summed E-state index contributed by atoms with van der Waals surface area (Å²) in [5.41, 5.74) is 3.56. The van der Waals surface area contributed by atoms with Crippen molar-refractivity contribution in [3.8, 4) is 0 Å². The molecule has 1 aromatic carbocycles. The molecule has 1 aliphatic rings. The number of rotatable bonds is 4. The molecule has 0 spiro atoms. The van der Waals surface area contributed by atoms with Crippen molar-refractivity contribution in [2.24, 2.45) is 0 Å². The molecule has 0 unspecified atom stereocenters. The third-order valence-electron chi connectivity index (χ3n) is 5.00. The Kier molecular flexibility index (Phi) is 5.81. The first-order valence-corrected chi connectivity index (χ1v) is 9.46. The van der Waals surface area contributed by atoms with E-state index < -0.39 is 0 Å². The number of carbonyl (C=O) groups excluding carboxylic acids is 1. The normalized spacial score (nSPS) is 16.3. The molecule has 0 radical (unpaired) electrons. The molecule has 1 fully saturated rings. The van der Waals surface area contributed by atoms with Gasteiger partial charge in [-0.25, -0.2) is 9.78 Å². The van der Waals surface area contributed by atoms with Crippen molar-refractivity contribution < 1.29 is 4.79 Å². The number of para-hydroxylation sites is 1. The molecule has 1 atom stereocenters. The van der Waals surface area contributed by atoms with Gasteiger partial charge in [0.05, 0.1) is 6.04 Å². The molecule has 1 saturated heterocycles. The number of urea groups is 1. The lowest BCUT2D eigenvalue weighted by Crippen LogP contribution is -2.43. The number of imidazole rings is 1. The van der Waals surface area contributed by atoms with E-state index in [9.17, 15) is 4.79 Å². The molecule has 0 saturated carbocycles. The number of benzene rings is 1. The van der Waals surface area contributed by atoms with Gasteiger partial charge >= 0.3 is 6.03 Å². The molecule has 2 N–H and O–H groups in total. The summed E-state index contributed by atoms with van der Waals surface area (Å²) in [7, 11) is 0. The zero-order valence-corrected chi connectivity index (χ0v) is 16.0. The fraction of sp³-hybridized carbons (Fsp3) is 0.500. The number of aromatic nitrogens is 2. The summed E-state index contributed by atoms with van der Waals surface area (Å²) in [6.07, 6.45) is 3.58. The lowest BCUT2D eigenvalue weighted by Gasteiger charge is -2.26. The van der Waals surface area contributed by atoms with E-state index in [1.807, 2.05) is 11.8 Å². The van der Waals surface area contributed by atoms with Gasteiger partial charge in [-0.3, -0.25) is 0 Å². The van der Waals surface area contributed by atoms with Crippen LogP contribution in [0.25, 0.3) is 0 Å². The third kappa shape index (κ3) is 4.18. The standard InChI is InChI=1S/C20H29N5O/c1-4-17(19-21-14-16(3)22-19)23-20(26)25-11-7-10-24(12-13-25)18-9-6-5-8-15(18)2/h5-6,8-9,14,17H,4,7,10-13H2,1-3H3,(H,21,22)(H,23,26)/t17-/m0/s1. The number of hydrogen-bond donors (Lipinski definition) is 2.